The number of carbonyl (C=O) groups is 3. The summed E-state index contributed by atoms with van der Waals surface area (Å²) >= 11 is 0. The molecule has 0 radical (unpaired) electrons. The Labute approximate surface area is 95.0 Å². The minimum atomic E-state index is -1.37. The van der Waals surface area contributed by atoms with Crippen molar-refractivity contribution in [1.82, 2.24) is 0 Å². The van der Waals surface area contributed by atoms with Crippen LogP contribution in [-0.4, -0.2) is 33.2 Å². The fourth-order valence-electron chi connectivity index (χ4n) is 0.998. The van der Waals surface area contributed by atoms with E-state index in [1.165, 1.54) is 0 Å². The molecule has 0 aromatic heterocycles. The average Bonchev–Trinajstić information content (AvgIpc) is 2.30. The van der Waals surface area contributed by atoms with Gasteiger partial charge in [0.25, 0.3) is 0 Å². The van der Waals surface area contributed by atoms with Crippen LogP contribution in [0.5, 0.6) is 0 Å². The molecule has 0 spiro atoms. The Kier molecular flexibility index (Phi) is 5.31. The lowest BCUT2D eigenvalue weighted by Gasteiger charge is -2.00. The van der Waals surface area contributed by atoms with Crippen molar-refractivity contribution in [3.63, 3.8) is 0 Å². The number of hydrogen-bond donors (Lipinski definition) is 5. The van der Waals surface area contributed by atoms with Gasteiger partial charge in [0.05, 0.1) is 16.7 Å². The van der Waals surface area contributed by atoms with E-state index in [9.17, 15) is 14.4 Å². The maximum Gasteiger partial charge on any atom is 0.335 e. The van der Waals surface area contributed by atoms with Gasteiger partial charge < -0.3 is 15.3 Å². The Bertz CT molecular complexity index is 378. The number of hydrazine groups is 1. The van der Waals surface area contributed by atoms with Gasteiger partial charge in [0.1, 0.15) is 0 Å². The molecular formula is C9H10N2O6. The third-order valence-corrected chi connectivity index (χ3v) is 1.67. The first-order valence-electron chi connectivity index (χ1n) is 4.10. The van der Waals surface area contributed by atoms with Gasteiger partial charge in [-0.3, -0.25) is 11.7 Å². The predicted molar refractivity (Wildman–Crippen MR) is 55.7 cm³/mol. The molecule has 1 aromatic carbocycles. The summed E-state index contributed by atoms with van der Waals surface area (Å²) in [6.45, 7) is 0. The molecule has 0 atom stereocenters. The molecule has 0 fully saturated rings. The van der Waals surface area contributed by atoms with Crippen molar-refractivity contribution in [2.75, 3.05) is 0 Å². The highest BCUT2D eigenvalue weighted by Crippen LogP contribution is 2.11. The Hall–Kier alpha value is -2.45. The van der Waals surface area contributed by atoms with Gasteiger partial charge in [0.2, 0.25) is 0 Å². The largest absolute Gasteiger partial charge is 0.478 e. The Balaban J connectivity index is 0.00000121. The van der Waals surface area contributed by atoms with Crippen molar-refractivity contribution in [2.24, 2.45) is 11.7 Å². The summed E-state index contributed by atoms with van der Waals surface area (Å²) in [7, 11) is 0. The fraction of sp³-hybridized carbons (Fsp3) is 0. The van der Waals surface area contributed by atoms with E-state index in [0.29, 0.717) is 0 Å². The monoisotopic (exact) mass is 242 g/mol. The lowest BCUT2D eigenvalue weighted by atomic mass is 10.1. The molecule has 0 saturated carbocycles. The van der Waals surface area contributed by atoms with Gasteiger partial charge in [-0.15, -0.1) is 0 Å². The van der Waals surface area contributed by atoms with Gasteiger partial charge in [0, 0.05) is 0 Å². The summed E-state index contributed by atoms with van der Waals surface area (Å²) in [5.41, 5.74) is -1.10. The summed E-state index contributed by atoms with van der Waals surface area (Å²) in [6.07, 6.45) is 0. The SMILES string of the molecule is NN.O=C(O)c1cc(C(=O)O)cc(C(=O)O)c1. The first-order chi connectivity index (χ1) is 7.91. The zero-order chi connectivity index (χ0) is 13.6. The van der Waals surface area contributed by atoms with Crippen LogP contribution in [0.3, 0.4) is 0 Å². The second-order valence-electron chi connectivity index (χ2n) is 2.71. The van der Waals surface area contributed by atoms with Gasteiger partial charge in [-0.1, -0.05) is 0 Å². The topological polar surface area (TPSA) is 164 Å². The van der Waals surface area contributed by atoms with E-state index in [0.717, 1.165) is 18.2 Å². The Morgan fingerprint density at radius 2 is 0.882 bits per heavy atom. The molecule has 0 aliphatic heterocycles. The lowest BCUT2D eigenvalue weighted by molar-refractivity contribution is 0.0696. The molecule has 8 nitrogen and oxygen atoms in total. The van der Waals surface area contributed by atoms with Crippen LogP contribution >= 0.6 is 0 Å². The molecule has 1 aromatic rings. The van der Waals surface area contributed by atoms with Crippen LogP contribution in [0, 0.1) is 0 Å². The number of carboxylic acids is 3. The van der Waals surface area contributed by atoms with Crippen LogP contribution in [0.15, 0.2) is 18.2 Å². The number of rotatable bonds is 3. The number of hydrogen-bond acceptors (Lipinski definition) is 5. The van der Waals surface area contributed by atoms with Crippen LogP contribution < -0.4 is 11.7 Å². The molecule has 0 amide bonds. The Morgan fingerprint density at radius 3 is 1.00 bits per heavy atom. The minimum absolute atomic E-state index is 0.368. The van der Waals surface area contributed by atoms with Gasteiger partial charge in [-0.05, 0) is 18.2 Å². The third kappa shape index (κ3) is 3.89. The molecule has 0 bridgehead atoms. The van der Waals surface area contributed by atoms with E-state index in [2.05, 4.69) is 11.7 Å². The molecule has 0 aliphatic carbocycles. The first-order valence-corrected chi connectivity index (χ1v) is 4.10. The van der Waals surface area contributed by atoms with E-state index >= 15 is 0 Å². The summed E-state index contributed by atoms with van der Waals surface area (Å²) in [5.74, 6) is 3.88. The van der Waals surface area contributed by atoms with Crippen molar-refractivity contribution in [1.29, 1.82) is 0 Å². The van der Waals surface area contributed by atoms with Gasteiger partial charge >= 0.3 is 17.9 Å². The zero-order valence-corrected chi connectivity index (χ0v) is 8.45. The van der Waals surface area contributed by atoms with Crippen LogP contribution in [0.4, 0.5) is 0 Å². The second kappa shape index (κ2) is 6.20. The van der Waals surface area contributed by atoms with Crippen LogP contribution in [-0.2, 0) is 0 Å². The highest BCUT2D eigenvalue weighted by molar-refractivity contribution is 5.98. The van der Waals surface area contributed by atoms with Crippen molar-refractivity contribution in [3.8, 4) is 0 Å². The molecule has 1 rings (SSSR count). The molecule has 0 heterocycles. The third-order valence-electron chi connectivity index (χ3n) is 1.67. The molecule has 8 heteroatoms. The maximum atomic E-state index is 10.6. The molecular weight excluding hydrogens is 232 g/mol. The zero-order valence-electron chi connectivity index (χ0n) is 8.45. The average molecular weight is 242 g/mol. The van der Waals surface area contributed by atoms with E-state index in [4.69, 9.17) is 15.3 Å². The summed E-state index contributed by atoms with van der Waals surface area (Å²) in [5, 5.41) is 25.8. The van der Waals surface area contributed by atoms with Crippen molar-refractivity contribution in [2.45, 2.75) is 0 Å². The molecule has 92 valence electrons. The van der Waals surface area contributed by atoms with Gasteiger partial charge in [-0.25, -0.2) is 14.4 Å². The second-order valence-corrected chi connectivity index (χ2v) is 2.71. The number of nitrogens with two attached hydrogens (primary N) is 2. The maximum absolute atomic E-state index is 10.6. The normalized spacial score (nSPS) is 8.82. The summed E-state index contributed by atoms with van der Waals surface area (Å²) < 4.78 is 0. The van der Waals surface area contributed by atoms with Crippen LogP contribution in [0.2, 0.25) is 0 Å². The minimum Gasteiger partial charge on any atom is -0.478 e. The predicted octanol–water partition coefficient (Wildman–Crippen LogP) is -0.400. The highest BCUT2D eigenvalue weighted by atomic mass is 16.4. The number of carboxylic acid groups (broad SMARTS) is 3. The molecule has 7 N–H and O–H groups in total. The fourth-order valence-corrected chi connectivity index (χ4v) is 0.998. The van der Waals surface area contributed by atoms with E-state index in [1.54, 1.807) is 0 Å². The van der Waals surface area contributed by atoms with Crippen LogP contribution in [0.25, 0.3) is 0 Å². The van der Waals surface area contributed by atoms with Crippen molar-refractivity contribution < 1.29 is 29.7 Å². The molecule has 0 saturated heterocycles. The van der Waals surface area contributed by atoms with E-state index < -0.39 is 17.9 Å². The van der Waals surface area contributed by atoms with Gasteiger partial charge in [0.15, 0.2) is 0 Å². The lowest BCUT2D eigenvalue weighted by Crippen LogP contribution is -2.07. The summed E-state index contributed by atoms with van der Waals surface area (Å²) in [6, 6.07) is 2.70. The van der Waals surface area contributed by atoms with Crippen molar-refractivity contribution >= 4 is 17.9 Å². The van der Waals surface area contributed by atoms with Crippen molar-refractivity contribution in [3.05, 3.63) is 34.9 Å². The highest BCUT2D eigenvalue weighted by Gasteiger charge is 2.14. The standard InChI is InChI=1S/C9H6O6.H4N2/c10-7(11)4-1-5(8(12)13)3-6(2-4)9(14)15;1-2/h1-3H,(H,10,11)(H,12,13)(H,14,15);1-2H2. The van der Waals surface area contributed by atoms with Crippen LogP contribution in [0.1, 0.15) is 31.1 Å². The Morgan fingerprint density at radius 1 is 0.706 bits per heavy atom. The van der Waals surface area contributed by atoms with Gasteiger partial charge in [-0.2, -0.15) is 0 Å². The molecule has 17 heavy (non-hydrogen) atoms. The smallest absolute Gasteiger partial charge is 0.335 e. The molecule has 0 aliphatic rings. The quantitative estimate of drug-likeness (QED) is 0.353. The van der Waals surface area contributed by atoms with E-state index in [-0.39, 0.29) is 16.7 Å². The first kappa shape index (κ1) is 14.6. The molecule has 0 unspecified atom stereocenters. The summed E-state index contributed by atoms with van der Waals surface area (Å²) in [4.78, 5) is 31.7. The number of benzene rings is 1. The van der Waals surface area contributed by atoms with E-state index in [1.807, 2.05) is 0 Å². The number of aromatic carboxylic acids is 3.